The van der Waals surface area contributed by atoms with Gasteiger partial charge in [-0.15, -0.1) is 0 Å². The molecule has 1 saturated carbocycles. The van der Waals surface area contributed by atoms with Crippen LogP contribution in [0.4, 0.5) is 5.69 Å². The normalized spacial score (nSPS) is 14.5. The number of carbonyl (C=O) groups is 1. The molecule has 0 spiro atoms. The highest BCUT2D eigenvalue weighted by Gasteiger charge is 2.23. The summed E-state index contributed by atoms with van der Waals surface area (Å²) in [5.41, 5.74) is 0.540. The Labute approximate surface area is 181 Å². The second kappa shape index (κ2) is 10.1. The lowest BCUT2D eigenvalue weighted by molar-refractivity contribution is -0.118. The van der Waals surface area contributed by atoms with Crippen LogP contribution in [0, 0.1) is 0 Å². The molecule has 0 heterocycles. The Bertz CT molecular complexity index is 991. The number of ether oxygens (including phenoxy) is 2. The minimum Gasteiger partial charge on any atom is -0.492 e. The summed E-state index contributed by atoms with van der Waals surface area (Å²) >= 11 is 6.19. The first-order chi connectivity index (χ1) is 14.4. The highest BCUT2D eigenvalue weighted by Crippen LogP contribution is 2.29. The summed E-state index contributed by atoms with van der Waals surface area (Å²) in [5.74, 6) is 0.401. The van der Waals surface area contributed by atoms with Crippen molar-refractivity contribution in [3.63, 3.8) is 0 Å². The molecule has 0 radical (unpaired) electrons. The molecule has 0 bridgehead atoms. The highest BCUT2D eigenvalue weighted by molar-refractivity contribution is 7.89. The zero-order valence-electron chi connectivity index (χ0n) is 16.7. The maximum atomic E-state index is 12.5. The van der Waals surface area contributed by atoms with Gasteiger partial charge in [-0.05, 0) is 50.1 Å². The third-order valence-electron chi connectivity index (χ3n) is 4.71. The van der Waals surface area contributed by atoms with Crippen molar-refractivity contribution in [1.29, 1.82) is 0 Å². The fourth-order valence-corrected chi connectivity index (χ4v) is 4.91. The van der Waals surface area contributed by atoms with E-state index in [1.165, 1.54) is 18.2 Å². The first-order valence-electron chi connectivity index (χ1n) is 9.85. The van der Waals surface area contributed by atoms with Gasteiger partial charge in [0.25, 0.3) is 5.91 Å². The molecule has 9 heteroatoms. The number of para-hydroxylation sites is 2. The van der Waals surface area contributed by atoms with E-state index < -0.39 is 15.9 Å². The van der Waals surface area contributed by atoms with Crippen LogP contribution in [0.2, 0.25) is 5.02 Å². The van der Waals surface area contributed by atoms with E-state index in [0.29, 0.717) is 18.0 Å². The fraction of sp³-hybridized carbons (Fsp3) is 0.381. The molecule has 1 aliphatic rings. The Morgan fingerprint density at radius 2 is 1.83 bits per heavy atom. The van der Waals surface area contributed by atoms with Crippen molar-refractivity contribution in [1.82, 2.24) is 4.72 Å². The van der Waals surface area contributed by atoms with Crippen LogP contribution < -0.4 is 19.5 Å². The average Bonchev–Trinajstić information content (AvgIpc) is 3.21. The van der Waals surface area contributed by atoms with E-state index in [9.17, 15) is 13.2 Å². The van der Waals surface area contributed by atoms with Gasteiger partial charge in [-0.1, -0.05) is 36.6 Å². The molecular formula is C21H25ClN2O5S. The van der Waals surface area contributed by atoms with E-state index in [2.05, 4.69) is 10.0 Å². The third kappa shape index (κ3) is 5.87. The van der Waals surface area contributed by atoms with Crippen molar-refractivity contribution < 1.29 is 22.7 Å². The second-order valence-electron chi connectivity index (χ2n) is 6.96. The monoisotopic (exact) mass is 452 g/mol. The quantitative estimate of drug-likeness (QED) is 0.600. The van der Waals surface area contributed by atoms with Crippen molar-refractivity contribution in [3.05, 3.63) is 47.5 Å². The van der Waals surface area contributed by atoms with Gasteiger partial charge >= 0.3 is 0 Å². The Morgan fingerprint density at radius 3 is 2.53 bits per heavy atom. The Kier molecular flexibility index (Phi) is 7.58. The summed E-state index contributed by atoms with van der Waals surface area (Å²) in [6, 6.07) is 11.3. The van der Waals surface area contributed by atoms with Crippen molar-refractivity contribution >= 4 is 33.2 Å². The van der Waals surface area contributed by atoms with Crippen LogP contribution in [0.3, 0.4) is 0 Å². The topological polar surface area (TPSA) is 93.7 Å². The molecule has 2 aromatic carbocycles. The van der Waals surface area contributed by atoms with Crippen LogP contribution in [0.5, 0.6) is 11.5 Å². The van der Waals surface area contributed by atoms with Gasteiger partial charge in [-0.25, -0.2) is 13.1 Å². The van der Waals surface area contributed by atoms with Crippen molar-refractivity contribution in [2.45, 2.75) is 43.5 Å². The minimum atomic E-state index is -3.65. The van der Waals surface area contributed by atoms with Crippen LogP contribution in [0.1, 0.15) is 32.6 Å². The maximum Gasteiger partial charge on any atom is 0.262 e. The molecule has 1 aliphatic carbocycles. The molecule has 0 unspecified atom stereocenters. The Balaban J connectivity index is 1.60. The number of amides is 1. The molecule has 3 rings (SSSR count). The smallest absolute Gasteiger partial charge is 0.262 e. The molecule has 2 N–H and O–H groups in total. The lowest BCUT2D eigenvalue weighted by Gasteiger charge is -2.14. The molecule has 30 heavy (non-hydrogen) atoms. The number of hydrogen-bond donors (Lipinski definition) is 2. The molecule has 1 fully saturated rings. The number of sulfonamides is 1. The van der Waals surface area contributed by atoms with Gasteiger partial charge in [0.2, 0.25) is 10.0 Å². The van der Waals surface area contributed by atoms with E-state index in [0.717, 1.165) is 25.7 Å². The zero-order valence-corrected chi connectivity index (χ0v) is 18.3. The number of hydrogen-bond acceptors (Lipinski definition) is 5. The van der Waals surface area contributed by atoms with E-state index >= 15 is 0 Å². The molecule has 0 aromatic heterocycles. The number of nitrogens with one attached hydrogen (secondary N) is 2. The minimum absolute atomic E-state index is 0.0343. The van der Waals surface area contributed by atoms with E-state index in [4.69, 9.17) is 21.1 Å². The molecule has 7 nitrogen and oxygen atoms in total. The van der Waals surface area contributed by atoms with Crippen LogP contribution >= 0.6 is 11.6 Å². The molecule has 0 atom stereocenters. The van der Waals surface area contributed by atoms with Gasteiger partial charge in [-0.2, -0.15) is 0 Å². The average molecular weight is 453 g/mol. The van der Waals surface area contributed by atoms with Crippen molar-refractivity contribution in [2.24, 2.45) is 0 Å². The van der Waals surface area contributed by atoms with E-state index in [1.807, 2.05) is 13.0 Å². The standard InChI is InChI=1S/C21H25ClN2O5S/c1-2-28-20-10-6-5-9-18(20)23-21(25)14-29-19-12-11-16(13-17(19)22)30(26,27)24-15-7-3-4-8-15/h5-6,9-13,15,24H,2-4,7-8,14H2,1H3,(H,23,25). The maximum absolute atomic E-state index is 12.5. The first kappa shape index (κ1) is 22.4. The Morgan fingerprint density at radius 1 is 1.10 bits per heavy atom. The van der Waals surface area contributed by atoms with E-state index in [1.54, 1.807) is 18.2 Å². The second-order valence-corrected chi connectivity index (χ2v) is 9.08. The SMILES string of the molecule is CCOc1ccccc1NC(=O)COc1ccc(S(=O)(=O)NC2CCCC2)cc1Cl. The zero-order chi connectivity index (χ0) is 21.6. The fourth-order valence-electron chi connectivity index (χ4n) is 3.28. The lowest BCUT2D eigenvalue weighted by Crippen LogP contribution is -2.32. The van der Waals surface area contributed by atoms with E-state index in [-0.39, 0.29) is 28.3 Å². The van der Waals surface area contributed by atoms with Crippen LogP contribution in [-0.4, -0.2) is 33.6 Å². The number of halogens is 1. The summed E-state index contributed by atoms with van der Waals surface area (Å²) in [6.07, 6.45) is 3.74. The van der Waals surface area contributed by atoms with Gasteiger partial charge in [0, 0.05) is 6.04 Å². The predicted molar refractivity (Wildman–Crippen MR) is 116 cm³/mol. The predicted octanol–water partition coefficient (Wildman–Crippen LogP) is 3.98. The summed E-state index contributed by atoms with van der Waals surface area (Å²) in [4.78, 5) is 12.3. The van der Waals surface area contributed by atoms with Crippen LogP contribution in [-0.2, 0) is 14.8 Å². The molecule has 0 aliphatic heterocycles. The Hall–Kier alpha value is -2.29. The summed E-state index contributed by atoms with van der Waals surface area (Å²) in [7, 11) is -3.65. The number of rotatable bonds is 9. The molecule has 2 aromatic rings. The van der Waals surface area contributed by atoms with Crippen molar-refractivity contribution in [2.75, 3.05) is 18.5 Å². The summed E-state index contributed by atoms with van der Waals surface area (Å²) in [6.45, 7) is 2.05. The van der Waals surface area contributed by atoms with Gasteiger partial charge in [0.1, 0.15) is 11.5 Å². The lowest BCUT2D eigenvalue weighted by atomic mass is 10.3. The molecule has 162 valence electrons. The number of carbonyl (C=O) groups excluding carboxylic acids is 1. The van der Waals surface area contributed by atoms with Crippen LogP contribution in [0.15, 0.2) is 47.4 Å². The number of benzene rings is 2. The molecule has 0 saturated heterocycles. The summed E-state index contributed by atoms with van der Waals surface area (Å²) < 4.78 is 38.7. The molecule has 1 amide bonds. The van der Waals surface area contributed by atoms with Crippen molar-refractivity contribution in [3.8, 4) is 11.5 Å². The van der Waals surface area contributed by atoms with Gasteiger partial charge in [0.15, 0.2) is 6.61 Å². The summed E-state index contributed by atoms with van der Waals surface area (Å²) in [5, 5.41) is 2.84. The molecular weight excluding hydrogens is 428 g/mol. The van der Waals surface area contributed by atoms with Gasteiger partial charge in [-0.3, -0.25) is 4.79 Å². The van der Waals surface area contributed by atoms with Gasteiger partial charge < -0.3 is 14.8 Å². The number of anilines is 1. The first-order valence-corrected chi connectivity index (χ1v) is 11.7. The largest absolute Gasteiger partial charge is 0.492 e. The van der Waals surface area contributed by atoms with Gasteiger partial charge in [0.05, 0.1) is 22.2 Å². The highest BCUT2D eigenvalue weighted by atomic mass is 35.5. The van der Waals surface area contributed by atoms with Crippen LogP contribution in [0.25, 0.3) is 0 Å². The third-order valence-corrected chi connectivity index (χ3v) is 6.52.